The molecule has 0 aliphatic carbocycles. The highest BCUT2D eigenvalue weighted by Crippen LogP contribution is 2.32. The number of thiophene rings is 1. The fourth-order valence-corrected chi connectivity index (χ4v) is 3.77. The number of H-pyrrole nitrogens is 1. The van der Waals surface area contributed by atoms with Gasteiger partial charge in [0.05, 0.1) is 12.1 Å². The zero-order valence-corrected chi connectivity index (χ0v) is 14.9. The molecule has 0 fully saturated rings. The number of rotatable bonds is 6. The third-order valence-corrected chi connectivity index (χ3v) is 5.00. The highest BCUT2D eigenvalue weighted by atomic mass is 32.1. The number of carbonyl (C=O) groups excluding carboxylic acids is 2. The molecule has 3 aromatic rings. The minimum Gasteiger partial charge on any atom is -0.312 e. The van der Waals surface area contributed by atoms with Crippen LogP contribution in [0.2, 0.25) is 0 Å². The fraction of sp³-hybridized carbons (Fsp3) is 0.167. The Balaban J connectivity index is 1.93. The minimum absolute atomic E-state index is 0.0757. The van der Waals surface area contributed by atoms with E-state index in [9.17, 15) is 9.59 Å². The number of likely N-dealkylation sites (N-methyl/N-ethyl adjacent to an activating group) is 1. The Bertz CT molecular complexity index is 891. The number of para-hydroxylation sites is 1. The highest BCUT2D eigenvalue weighted by Gasteiger charge is 2.23. The molecule has 0 atom stereocenters. The van der Waals surface area contributed by atoms with Gasteiger partial charge >= 0.3 is 0 Å². The number of nitrogens with zero attached hydrogens (tertiary/aromatic N) is 2. The van der Waals surface area contributed by atoms with E-state index in [4.69, 9.17) is 5.21 Å². The van der Waals surface area contributed by atoms with Gasteiger partial charge in [0.25, 0.3) is 5.91 Å². The molecule has 3 N–H and O–H groups in total. The van der Waals surface area contributed by atoms with Crippen molar-refractivity contribution in [3.05, 3.63) is 58.4 Å². The molecule has 0 saturated heterocycles. The van der Waals surface area contributed by atoms with E-state index in [0.29, 0.717) is 28.2 Å². The van der Waals surface area contributed by atoms with E-state index in [-0.39, 0.29) is 12.3 Å². The Kier molecular flexibility index (Phi) is 5.45. The van der Waals surface area contributed by atoms with Gasteiger partial charge in [-0.25, -0.2) is 5.48 Å². The summed E-state index contributed by atoms with van der Waals surface area (Å²) >= 11 is 1.17. The van der Waals surface area contributed by atoms with Gasteiger partial charge in [-0.05, 0) is 36.1 Å². The number of nitrogens with one attached hydrogen (secondary N) is 2. The maximum Gasteiger partial charge on any atom is 0.285 e. The lowest BCUT2D eigenvalue weighted by Gasteiger charge is -2.21. The first-order valence-corrected chi connectivity index (χ1v) is 8.93. The van der Waals surface area contributed by atoms with Crippen molar-refractivity contribution in [2.45, 2.75) is 13.3 Å². The second-order valence-corrected chi connectivity index (χ2v) is 6.41. The first-order valence-electron chi connectivity index (χ1n) is 8.05. The number of benzene rings is 1. The molecule has 0 aliphatic heterocycles. The fourth-order valence-electron chi connectivity index (χ4n) is 2.80. The molecule has 2 heterocycles. The van der Waals surface area contributed by atoms with Crippen LogP contribution in [0.3, 0.4) is 0 Å². The molecule has 8 heteroatoms. The summed E-state index contributed by atoms with van der Waals surface area (Å²) in [5, 5.41) is 17.5. The van der Waals surface area contributed by atoms with Crippen molar-refractivity contribution in [1.29, 1.82) is 0 Å². The van der Waals surface area contributed by atoms with Crippen LogP contribution in [0.1, 0.15) is 22.2 Å². The zero-order chi connectivity index (χ0) is 18.5. The van der Waals surface area contributed by atoms with Crippen LogP contribution >= 0.6 is 11.3 Å². The Hall–Kier alpha value is -2.97. The van der Waals surface area contributed by atoms with Gasteiger partial charge in [0.1, 0.15) is 4.88 Å². The van der Waals surface area contributed by atoms with E-state index in [0.717, 1.165) is 5.69 Å². The van der Waals surface area contributed by atoms with Crippen molar-refractivity contribution < 1.29 is 14.8 Å². The van der Waals surface area contributed by atoms with Crippen molar-refractivity contribution in [3.63, 3.8) is 0 Å². The van der Waals surface area contributed by atoms with Crippen LogP contribution < -0.4 is 10.4 Å². The Labute approximate surface area is 154 Å². The lowest BCUT2D eigenvalue weighted by molar-refractivity contribution is -0.117. The van der Waals surface area contributed by atoms with Crippen molar-refractivity contribution in [3.8, 4) is 11.3 Å². The van der Waals surface area contributed by atoms with Crippen LogP contribution in [-0.2, 0) is 11.2 Å². The van der Waals surface area contributed by atoms with E-state index in [1.165, 1.54) is 11.3 Å². The number of anilines is 1. The van der Waals surface area contributed by atoms with Gasteiger partial charge in [0.15, 0.2) is 0 Å². The second kappa shape index (κ2) is 7.94. The molecular weight excluding hydrogens is 352 g/mol. The Morgan fingerprint density at radius 2 is 2.04 bits per heavy atom. The van der Waals surface area contributed by atoms with Gasteiger partial charge < -0.3 is 4.90 Å². The molecule has 0 bridgehead atoms. The summed E-state index contributed by atoms with van der Waals surface area (Å²) < 4.78 is 0. The SMILES string of the molecule is CCN(C(=O)Cc1csc(C(=O)NO)c1-c1ccn[nH]1)c1ccccc1. The monoisotopic (exact) mass is 370 g/mol. The summed E-state index contributed by atoms with van der Waals surface area (Å²) in [5.41, 5.74) is 4.38. The predicted molar refractivity (Wildman–Crippen MR) is 99.3 cm³/mol. The molecule has 0 aliphatic rings. The van der Waals surface area contributed by atoms with Gasteiger partial charge in [0.2, 0.25) is 5.91 Å². The zero-order valence-electron chi connectivity index (χ0n) is 14.1. The van der Waals surface area contributed by atoms with Crippen LogP contribution in [0.25, 0.3) is 11.3 Å². The third-order valence-electron chi connectivity index (χ3n) is 3.97. The van der Waals surface area contributed by atoms with Crippen LogP contribution in [0.4, 0.5) is 5.69 Å². The summed E-state index contributed by atoms with van der Waals surface area (Å²) in [6.45, 7) is 2.45. The molecule has 2 amide bonds. The van der Waals surface area contributed by atoms with E-state index < -0.39 is 5.91 Å². The average Bonchev–Trinajstić information content (AvgIpc) is 3.32. The number of hydroxylamine groups is 1. The van der Waals surface area contributed by atoms with E-state index in [1.54, 1.807) is 28.0 Å². The van der Waals surface area contributed by atoms with Crippen LogP contribution in [0.5, 0.6) is 0 Å². The van der Waals surface area contributed by atoms with Crippen molar-refractivity contribution in [2.24, 2.45) is 0 Å². The summed E-state index contributed by atoms with van der Waals surface area (Å²) in [5.74, 6) is -0.693. The number of aromatic amines is 1. The van der Waals surface area contributed by atoms with Gasteiger partial charge in [-0.1, -0.05) is 18.2 Å². The Morgan fingerprint density at radius 3 is 2.65 bits per heavy atom. The number of hydrogen-bond donors (Lipinski definition) is 3. The van der Waals surface area contributed by atoms with Crippen LogP contribution in [0, 0.1) is 0 Å². The molecule has 0 spiro atoms. The van der Waals surface area contributed by atoms with E-state index in [2.05, 4.69) is 10.2 Å². The Morgan fingerprint density at radius 1 is 1.27 bits per heavy atom. The normalized spacial score (nSPS) is 10.5. The lowest BCUT2D eigenvalue weighted by Crippen LogP contribution is -2.32. The van der Waals surface area contributed by atoms with Crippen molar-refractivity contribution in [2.75, 3.05) is 11.4 Å². The molecule has 134 valence electrons. The summed E-state index contributed by atoms with van der Waals surface area (Å²) in [6.07, 6.45) is 1.70. The first-order chi connectivity index (χ1) is 12.7. The molecule has 7 nitrogen and oxygen atoms in total. The molecule has 3 rings (SSSR count). The van der Waals surface area contributed by atoms with E-state index in [1.807, 2.05) is 37.3 Å². The molecule has 0 saturated carbocycles. The quantitative estimate of drug-likeness (QED) is 0.459. The lowest BCUT2D eigenvalue weighted by atomic mass is 10.0. The van der Waals surface area contributed by atoms with Crippen LogP contribution in [-0.4, -0.2) is 33.8 Å². The molecule has 0 radical (unpaired) electrons. The minimum atomic E-state index is -0.617. The first kappa shape index (κ1) is 17.8. The van der Waals surface area contributed by atoms with Gasteiger partial charge in [-0.2, -0.15) is 5.10 Å². The summed E-state index contributed by atoms with van der Waals surface area (Å²) in [6, 6.07) is 11.2. The third kappa shape index (κ3) is 3.51. The summed E-state index contributed by atoms with van der Waals surface area (Å²) in [7, 11) is 0. The predicted octanol–water partition coefficient (Wildman–Crippen LogP) is 2.85. The number of hydrogen-bond acceptors (Lipinski definition) is 5. The molecule has 2 aromatic heterocycles. The average molecular weight is 370 g/mol. The number of aromatic nitrogens is 2. The molecule has 1 aromatic carbocycles. The van der Waals surface area contributed by atoms with Gasteiger partial charge in [-0.3, -0.25) is 19.9 Å². The molecule has 26 heavy (non-hydrogen) atoms. The smallest absolute Gasteiger partial charge is 0.285 e. The second-order valence-electron chi connectivity index (χ2n) is 5.53. The van der Waals surface area contributed by atoms with Crippen molar-refractivity contribution >= 4 is 28.8 Å². The van der Waals surface area contributed by atoms with Gasteiger partial charge in [0, 0.05) is 24.0 Å². The molecular formula is C18H18N4O3S. The molecule has 0 unspecified atom stereocenters. The van der Waals surface area contributed by atoms with E-state index >= 15 is 0 Å². The standard InChI is InChI=1S/C18H18N4O3S/c1-2-22(13-6-4-3-5-7-13)15(23)10-12-11-26-17(18(24)21-25)16(12)14-8-9-19-20-14/h3-9,11,25H,2,10H2,1H3,(H,19,20)(H,21,24). The largest absolute Gasteiger partial charge is 0.312 e. The number of carbonyl (C=O) groups is 2. The topological polar surface area (TPSA) is 98.3 Å². The van der Waals surface area contributed by atoms with Crippen molar-refractivity contribution in [1.82, 2.24) is 15.7 Å². The maximum absolute atomic E-state index is 12.9. The van der Waals surface area contributed by atoms with Gasteiger partial charge in [-0.15, -0.1) is 11.3 Å². The highest BCUT2D eigenvalue weighted by molar-refractivity contribution is 7.12. The number of amides is 2. The summed E-state index contributed by atoms with van der Waals surface area (Å²) in [4.78, 5) is 26.8. The maximum atomic E-state index is 12.9. The van der Waals surface area contributed by atoms with Crippen LogP contribution in [0.15, 0.2) is 48.0 Å².